The fourth-order valence-electron chi connectivity index (χ4n) is 4.09. The Morgan fingerprint density at radius 1 is 1.00 bits per heavy atom. The average molecular weight is 372 g/mol. The van der Waals surface area contributed by atoms with Gasteiger partial charge in [-0.3, -0.25) is 9.59 Å². The van der Waals surface area contributed by atoms with Gasteiger partial charge in [-0.15, -0.1) is 0 Å². The van der Waals surface area contributed by atoms with E-state index in [1.165, 1.54) is 12.8 Å². The Kier molecular flexibility index (Phi) is 7.13. The van der Waals surface area contributed by atoms with E-state index >= 15 is 0 Å². The molecule has 0 atom stereocenters. The summed E-state index contributed by atoms with van der Waals surface area (Å²) < 4.78 is 0. The van der Waals surface area contributed by atoms with Gasteiger partial charge in [0.25, 0.3) is 0 Å². The Bertz CT molecular complexity index is 615. The molecule has 1 heterocycles. The zero-order valence-corrected chi connectivity index (χ0v) is 16.6. The number of hydrogen-bond donors (Lipinski definition) is 1. The molecule has 0 aromatic heterocycles. The van der Waals surface area contributed by atoms with Gasteiger partial charge < -0.3 is 15.1 Å². The molecule has 2 amide bonds. The second-order valence-corrected chi connectivity index (χ2v) is 7.84. The number of amides is 2. The van der Waals surface area contributed by atoms with Gasteiger partial charge in [-0.05, 0) is 43.5 Å². The van der Waals surface area contributed by atoms with Crippen LogP contribution in [0.4, 0.5) is 11.4 Å². The largest absolute Gasteiger partial charge is 0.368 e. The van der Waals surface area contributed by atoms with Crippen molar-refractivity contribution in [2.24, 2.45) is 5.92 Å². The molecule has 3 rings (SSSR count). The molecule has 0 bridgehead atoms. The van der Waals surface area contributed by atoms with Crippen LogP contribution in [0.5, 0.6) is 0 Å². The molecule has 1 aromatic rings. The number of hydrogen-bond acceptors (Lipinski definition) is 3. The molecule has 1 saturated heterocycles. The number of nitrogens with one attached hydrogen (secondary N) is 1. The van der Waals surface area contributed by atoms with E-state index in [9.17, 15) is 9.59 Å². The van der Waals surface area contributed by atoms with Crippen molar-refractivity contribution in [3.63, 3.8) is 0 Å². The van der Waals surface area contributed by atoms with E-state index in [-0.39, 0.29) is 11.8 Å². The second kappa shape index (κ2) is 9.77. The average Bonchev–Trinajstić information content (AvgIpc) is 3.24. The molecular formula is C22H33N3O2. The molecule has 1 aliphatic carbocycles. The van der Waals surface area contributed by atoms with E-state index in [0.717, 1.165) is 69.7 Å². The first-order chi connectivity index (χ1) is 13.2. The van der Waals surface area contributed by atoms with Crippen LogP contribution in [-0.4, -0.2) is 42.9 Å². The third-order valence-electron chi connectivity index (χ3n) is 5.85. The van der Waals surface area contributed by atoms with E-state index < -0.39 is 0 Å². The lowest BCUT2D eigenvalue weighted by atomic mass is 10.1. The lowest BCUT2D eigenvalue weighted by Gasteiger charge is -2.36. The topological polar surface area (TPSA) is 52.7 Å². The van der Waals surface area contributed by atoms with Crippen molar-refractivity contribution in [2.45, 2.75) is 58.3 Å². The van der Waals surface area contributed by atoms with E-state index in [0.29, 0.717) is 12.3 Å². The molecule has 5 nitrogen and oxygen atoms in total. The Balaban J connectivity index is 1.45. The number of piperazine rings is 1. The number of unbranched alkanes of at least 4 members (excludes halogenated alkanes) is 2. The first-order valence-electron chi connectivity index (χ1n) is 10.6. The van der Waals surface area contributed by atoms with Crippen LogP contribution >= 0.6 is 0 Å². The highest BCUT2D eigenvalue weighted by Gasteiger charge is 2.23. The number of rotatable bonds is 7. The van der Waals surface area contributed by atoms with Crippen LogP contribution in [0.3, 0.4) is 0 Å². The van der Waals surface area contributed by atoms with Gasteiger partial charge in [-0.25, -0.2) is 0 Å². The van der Waals surface area contributed by atoms with Gasteiger partial charge in [0, 0.05) is 49.9 Å². The Hall–Kier alpha value is -2.04. The third-order valence-corrected chi connectivity index (χ3v) is 5.85. The van der Waals surface area contributed by atoms with E-state index in [4.69, 9.17) is 0 Å². The maximum atomic E-state index is 12.2. The van der Waals surface area contributed by atoms with E-state index in [1.54, 1.807) is 0 Å². The third kappa shape index (κ3) is 5.47. The molecule has 1 aromatic carbocycles. The molecule has 148 valence electrons. The second-order valence-electron chi connectivity index (χ2n) is 7.84. The van der Waals surface area contributed by atoms with Crippen LogP contribution in [0.2, 0.25) is 0 Å². The number of carbonyl (C=O) groups excluding carboxylic acids is 2. The van der Waals surface area contributed by atoms with Crippen LogP contribution in [0.25, 0.3) is 0 Å². The predicted octanol–water partition coefficient (Wildman–Crippen LogP) is 4.04. The summed E-state index contributed by atoms with van der Waals surface area (Å²) in [6.07, 6.45) is 8.35. The molecule has 2 aliphatic rings. The smallest absolute Gasteiger partial charge is 0.227 e. The van der Waals surface area contributed by atoms with Crippen molar-refractivity contribution in [3.8, 4) is 0 Å². The monoisotopic (exact) mass is 371 g/mol. The lowest BCUT2D eigenvalue weighted by molar-refractivity contribution is -0.131. The summed E-state index contributed by atoms with van der Waals surface area (Å²) in [6.45, 7) is 5.49. The number of anilines is 2. The molecule has 1 saturated carbocycles. The highest BCUT2D eigenvalue weighted by molar-refractivity contribution is 5.92. The summed E-state index contributed by atoms with van der Waals surface area (Å²) in [5.41, 5.74) is 2.03. The molecule has 0 radical (unpaired) electrons. The SMILES string of the molecule is CCCCCC(=O)N1CCN(c2ccc(NC(=O)C3CCCC3)cc2)CC1. The minimum atomic E-state index is 0.162. The number of carbonyl (C=O) groups is 2. The first-order valence-corrected chi connectivity index (χ1v) is 10.6. The molecule has 0 spiro atoms. The van der Waals surface area contributed by atoms with Gasteiger partial charge in [0.15, 0.2) is 0 Å². The van der Waals surface area contributed by atoms with Gasteiger partial charge >= 0.3 is 0 Å². The van der Waals surface area contributed by atoms with Crippen LogP contribution in [0.15, 0.2) is 24.3 Å². The van der Waals surface area contributed by atoms with Gasteiger partial charge in [-0.1, -0.05) is 32.6 Å². The molecule has 1 aliphatic heterocycles. The minimum Gasteiger partial charge on any atom is -0.368 e. The maximum absolute atomic E-state index is 12.2. The van der Waals surface area contributed by atoms with Crippen LogP contribution in [-0.2, 0) is 9.59 Å². The first kappa shape index (κ1) is 19.7. The molecule has 2 fully saturated rings. The van der Waals surface area contributed by atoms with Crippen LogP contribution < -0.4 is 10.2 Å². The van der Waals surface area contributed by atoms with Crippen molar-refractivity contribution in [1.82, 2.24) is 4.90 Å². The van der Waals surface area contributed by atoms with Crippen molar-refractivity contribution in [2.75, 3.05) is 36.4 Å². The lowest BCUT2D eigenvalue weighted by Crippen LogP contribution is -2.48. The molecular weight excluding hydrogens is 338 g/mol. The van der Waals surface area contributed by atoms with Crippen LogP contribution in [0.1, 0.15) is 58.3 Å². The fraction of sp³-hybridized carbons (Fsp3) is 0.636. The summed E-state index contributed by atoms with van der Waals surface area (Å²) in [6, 6.07) is 8.13. The van der Waals surface area contributed by atoms with Gasteiger partial charge in [0.1, 0.15) is 0 Å². The molecule has 1 N–H and O–H groups in total. The normalized spacial score (nSPS) is 18.0. The van der Waals surface area contributed by atoms with Gasteiger partial charge in [-0.2, -0.15) is 0 Å². The quantitative estimate of drug-likeness (QED) is 0.736. The number of benzene rings is 1. The highest BCUT2D eigenvalue weighted by atomic mass is 16.2. The molecule has 5 heteroatoms. The Morgan fingerprint density at radius 3 is 2.30 bits per heavy atom. The maximum Gasteiger partial charge on any atom is 0.227 e. The summed E-state index contributed by atoms with van der Waals surface area (Å²) in [5.74, 6) is 0.649. The van der Waals surface area contributed by atoms with Crippen molar-refractivity contribution >= 4 is 23.2 Å². The minimum absolute atomic E-state index is 0.162. The van der Waals surface area contributed by atoms with Crippen LogP contribution in [0, 0.1) is 5.92 Å². The summed E-state index contributed by atoms with van der Waals surface area (Å²) in [7, 11) is 0. The summed E-state index contributed by atoms with van der Waals surface area (Å²) in [4.78, 5) is 28.8. The molecule has 27 heavy (non-hydrogen) atoms. The summed E-state index contributed by atoms with van der Waals surface area (Å²) >= 11 is 0. The van der Waals surface area contributed by atoms with Crippen molar-refractivity contribution in [1.29, 1.82) is 0 Å². The fourth-order valence-corrected chi connectivity index (χ4v) is 4.09. The van der Waals surface area contributed by atoms with Gasteiger partial charge in [0.2, 0.25) is 11.8 Å². The summed E-state index contributed by atoms with van der Waals surface area (Å²) in [5, 5.41) is 3.05. The van der Waals surface area contributed by atoms with Crippen molar-refractivity contribution < 1.29 is 9.59 Å². The van der Waals surface area contributed by atoms with E-state index in [1.807, 2.05) is 17.0 Å². The number of nitrogens with zero attached hydrogens (tertiary/aromatic N) is 2. The Labute approximate surface area is 163 Å². The van der Waals surface area contributed by atoms with E-state index in [2.05, 4.69) is 29.3 Å². The van der Waals surface area contributed by atoms with Crippen molar-refractivity contribution in [3.05, 3.63) is 24.3 Å². The van der Waals surface area contributed by atoms with Gasteiger partial charge in [0.05, 0.1) is 0 Å². The predicted molar refractivity (Wildman–Crippen MR) is 110 cm³/mol. The highest BCUT2D eigenvalue weighted by Crippen LogP contribution is 2.26. The zero-order chi connectivity index (χ0) is 19.1. The molecule has 0 unspecified atom stereocenters. The zero-order valence-electron chi connectivity index (χ0n) is 16.6. The Morgan fingerprint density at radius 2 is 1.67 bits per heavy atom. The standard InChI is InChI=1S/C22H33N3O2/c1-2-3-4-9-21(26)25-16-14-24(15-17-25)20-12-10-19(11-13-20)23-22(27)18-7-5-6-8-18/h10-13,18H,2-9,14-17H2,1H3,(H,23,27).